The first kappa shape index (κ1) is 13.6. The highest BCUT2D eigenvalue weighted by Gasteiger charge is 2.09. The Morgan fingerprint density at radius 2 is 1.88 bits per heavy atom. The van der Waals surface area contributed by atoms with E-state index in [-0.39, 0.29) is 18.2 Å². The van der Waals surface area contributed by atoms with Crippen molar-refractivity contribution in [3.8, 4) is 0 Å². The van der Waals surface area contributed by atoms with Crippen molar-refractivity contribution < 1.29 is 14.3 Å². The van der Waals surface area contributed by atoms with E-state index in [1.165, 1.54) is 31.6 Å². The summed E-state index contributed by atoms with van der Waals surface area (Å²) in [6.45, 7) is 4.31. The normalized spacial score (nSPS) is 15.2. The van der Waals surface area contributed by atoms with E-state index in [9.17, 15) is 9.18 Å². The van der Waals surface area contributed by atoms with Gasteiger partial charge in [0.1, 0.15) is 5.82 Å². The number of benzene rings is 1. The topological polar surface area (TPSA) is 49.3 Å². The van der Waals surface area contributed by atoms with Crippen LogP contribution in [0.25, 0.3) is 0 Å². The van der Waals surface area contributed by atoms with Crippen LogP contribution in [0.15, 0.2) is 24.3 Å². The molecule has 0 radical (unpaired) electrons. The zero-order chi connectivity index (χ0) is 12.7. The first-order chi connectivity index (χ1) is 8.09. The molecule has 0 aromatic heterocycles. The lowest BCUT2D eigenvalue weighted by molar-refractivity contribution is -0.137. The van der Waals surface area contributed by atoms with Gasteiger partial charge in [0.2, 0.25) is 0 Å². The molecule has 1 aromatic carbocycles. The molecule has 0 saturated carbocycles. The number of carboxylic acids is 1. The summed E-state index contributed by atoms with van der Waals surface area (Å²) in [6.07, 6.45) is 1.46. The van der Waals surface area contributed by atoms with Crippen molar-refractivity contribution in [1.82, 2.24) is 5.32 Å². The first-order valence-electron chi connectivity index (χ1n) is 5.77. The Kier molecular flexibility index (Phi) is 5.63. The summed E-state index contributed by atoms with van der Waals surface area (Å²) in [4.78, 5) is 10.4. The zero-order valence-electron chi connectivity index (χ0n) is 9.95. The number of hydrogen-bond donors (Lipinski definition) is 2. The van der Waals surface area contributed by atoms with E-state index in [0.29, 0.717) is 0 Å². The third-order valence-electron chi connectivity index (χ3n) is 2.63. The minimum absolute atomic E-state index is 0.0712. The Labute approximate surface area is 101 Å². The van der Waals surface area contributed by atoms with Crippen LogP contribution < -0.4 is 5.32 Å². The minimum atomic E-state index is -0.836. The van der Waals surface area contributed by atoms with Gasteiger partial charge in [-0.25, -0.2) is 4.39 Å². The van der Waals surface area contributed by atoms with Crippen molar-refractivity contribution in [1.29, 1.82) is 0 Å². The molecule has 4 heteroatoms. The summed E-state index contributed by atoms with van der Waals surface area (Å²) >= 11 is 0. The quantitative estimate of drug-likeness (QED) is 0.851. The molecular formula is C13H18FNO2. The summed E-state index contributed by atoms with van der Waals surface area (Å²) in [5.74, 6) is -1.21. The number of carbonyl (C=O) groups is 1. The van der Waals surface area contributed by atoms with Crippen molar-refractivity contribution in [2.24, 2.45) is 0 Å². The van der Waals surface area contributed by atoms with E-state index >= 15 is 0 Å². The highest BCUT2D eigenvalue weighted by molar-refractivity contribution is 5.67. The Morgan fingerprint density at radius 3 is 2.24 bits per heavy atom. The predicted octanol–water partition coefficient (Wildman–Crippen LogP) is 2.38. The van der Waals surface area contributed by atoms with Crippen molar-refractivity contribution in [2.45, 2.75) is 25.7 Å². The molecular weight excluding hydrogens is 221 g/mol. The molecule has 1 fully saturated rings. The monoisotopic (exact) mass is 239 g/mol. The van der Waals surface area contributed by atoms with Gasteiger partial charge in [-0.15, -0.1) is 0 Å². The molecule has 0 bridgehead atoms. The molecule has 1 saturated heterocycles. The van der Waals surface area contributed by atoms with Gasteiger partial charge < -0.3 is 10.4 Å². The second-order valence-electron chi connectivity index (χ2n) is 4.15. The second kappa shape index (κ2) is 7.01. The first-order valence-corrected chi connectivity index (χ1v) is 5.77. The van der Waals surface area contributed by atoms with Crippen molar-refractivity contribution in [3.05, 3.63) is 35.6 Å². The Bertz CT molecular complexity index is 343. The van der Waals surface area contributed by atoms with Crippen LogP contribution in [0.1, 0.15) is 31.2 Å². The maximum absolute atomic E-state index is 12.5. The van der Waals surface area contributed by atoms with Crippen molar-refractivity contribution >= 4 is 5.97 Å². The van der Waals surface area contributed by atoms with Gasteiger partial charge in [-0.1, -0.05) is 19.1 Å². The number of carboxylic acid groups (broad SMARTS) is 1. The molecule has 1 heterocycles. The third kappa shape index (κ3) is 5.45. The molecule has 1 atom stereocenters. The molecule has 2 rings (SSSR count). The molecule has 3 nitrogen and oxygen atoms in total. The average molecular weight is 239 g/mol. The van der Waals surface area contributed by atoms with E-state index < -0.39 is 5.97 Å². The van der Waals surface area contributed by atoms with Crippen LogP contribution in [0.4, 0.5) is 4.39 Å². The largest absolute Gasteiger partial charge is 0.481 e. The van der Waals surface area contributed by atoms with Crippen LogP contribution in [-0.2, 0) is 4.79 Å². The van der Waals surface area contributed by atoms with E-state index in [1.807, 2.05) is 0 Å². The van der Waals surface area contributed by atoms with Crippen LogP contribution in [0, 0.1) is 5.82 Å². The summed E-state index contributed by atoms with van der Waals surface area (Å²) in [6, 6.07) is 5.91. The van der Waals surface area contributed by atoms with Gasteiger partial charge >= 0.3 is 5.97 Å². The van der Waals surface area contributed by atoms with Gasteiger partial charge in [-0.3, -0.25) is 4.79 Å². The van der Waals surface area contributed by atoms with Crippen LogP contribution in [0.2, 0.25) is 0 Å². The van der Waals surface area contributed by atoms with Gasteiger partial charge in [0.25, 0.3) is 0 Å². The lowest BCUT2D eigenvalue weighted by Gasteiger charge is -2.09. The maximum atomic E-state index is 12.5. The molecule has 17 heavy (non-hydrogen) atoms. The lowest BCUT2D eigenvalue weighted by Crippen LogP contribution is -2.29. The maximum Gasteiger partial charge on any atom is 0.303 e. The molecule has 1 unspecified atom stereocenters. The summed E-state index contributed by atoms with van der Waals surface area (Å²) in [5.41, 5.74) is 0.851. The van der Waals surface area contributed by atoms with Gasteiger partial charge in [-0.05, 0) is 43.1 Å². The third-order valence-corrected chi connectivity index (χ3v) is 2.63. The highest BCUT2D eigenvalue weighted by Crippen LogP contribution is 2.18. The SMILES string of the molecule is C1CNC1.CC(CC(=O)O)c1ccc(F)cc1. The molecule has 0 amide bonds. The van der Waals surface area contributed by atoms with Crippen LogP contribution >= 0.6 is 0 Å². The molecule has 1 aromatic rings. The van der Waals surface area contributed by atoms with E-state index in [1.54, 1.807) is 19.1 Å². The molecule has 2 N–H and O–H groups in total. The number of hydrogen-bond acceptors (Lipinski definition) is 2. The second-order valence-corrected chi connectivity index (χ2v) is 4.15. The predicted molar refractivity (Wildman–Crippen MR) is 64.6 cm³/mol. The number of rotatable bonds is 3. The fraction of sp³-hybridized carbons (Fsp3) is 0.462. The lowest BCUT2D eigenvalue weighted by atomic mass is 9.98. The van der Waals surface area contributed by atoms with E-state index in [2.05, 4.69) is 5.32 Å². The van der Waals surface area contributed by atoms with Gasteiger partial charge in [0.15, 0.2) is 0 Å². The number of halogens is 1. The van der Waals surface area contributed by atoms with Gasteiger partial charge in [-0.2, -0.15) is 0 Å². The summed E-state index contributed by atoms with van der Waals surface area (Å²) < 4.78 is 12.5. The number of nitrogens with one attached hydrogen (secondary N) is 1. The minimum Gasteiger partial charge on any atom is -0.481 e. The number of aliphatic carboxylic acids is 1. The molecule has 94 valence electrons. The molecule has 1 aliphatic rings. The highest BCUT2D eigenvalue weighted by atomic mass is 19.1. The summed E-state index contributed by atoms with van der Waals surface area (Å²) in [5, 5.41) is 11.6. The Balaban J connectivity index is 0.000000302. The van der Waals surface area contributed by atoms with E-state index in [4.69, 9.17) is 5.11 Å². The fourth-order valence-electron chi connectivity index (χ4n) is 1.35. The molecule has 0 spiro atoms. The molecule has 0 aliphatic carbocycles. The van der Waals surface area contributed by atoms with Crippen LogP contribution in [0.3, 0.4) is 0 Å². The Morgan fingerprint density at radius 1 is 1.41 bits per heavy atom. The van der Waals surface area contributed by atoms with Crippen molar-refractivity contribution in [2.75, 3.05) is 13.1 Å². The van der Waals surface area contributed by atoms with Crippen LogP contribution in [0.5, 0.6) is 0 Å². The fourth-order valence-corrected chi connectivity index (χ4v) is 1.35. The van der Waals surface area contributed by atoms with Crippen LogP contribution in [-0.4, -0.2) is 24.2 Å². The standard InChI is InChI=1S/C10H11FO2.C3H7N/c1-7(6-10(12)13)8-2-4-9(11)5-3-8;1-2-4-3-1/h2-5,7H,6H2,1H3,(H,12,13);4H,1-3H2. The smallest absolute Gasteiger partial charge is 0.303 e. The van der Waals surface area contributed by atoms with Crippen molar-refractivity contribution in [3.63, 3.8) is 0 Å². The average Bonchev–Trinajstić information content (AvgIpc) is 2.14. The van der Waals surface area contributed by atoms with Gasteiger partial charge in [0, 0.05) is 0 Å². The summed E-state index contributed by atoms with van der Waals surface area (Å²) in [7, 11) is 0. The van der Waals surface area contributed by atoms with Gasteiger partial charge in [0.05, 0.1) is 6.42 Å². The molecule has 1 aliphatic heterocycles. The zero-order valence-corrected chi connectivity index (χ0v) is 9.95. The Hall–Kier alpha value is -1.42. The van der Waals surface area contributed by atoms with E-state index in [0.717, 1.165) is 5.56 Å².